The number of ether oxygens (including phenoxy) is 2. The lowest BCUT2D eigenvalue weighted by Crippen LogP contribution is -2.48. The zero-order chi connectivity index (χ0) is 14.1. The van der Waals surface area contributed by atoms with E-state index in [9.17, 15) is 4.79 Å². The average Bonchev–Trinajstić information content (AvgIpc) is 2.71. The third-order valence-corrected chi connectivity index (χ3v) is 3.70. The van der Waals surface area contributed by atoms with Crippen LogP contribution in [-0.4, -0.2) is 47.9 Å². The van der Waals surface area contributed by atoms with Gasteiger partial charge in [0.15, 0.2) is 0 Å². The zero-order valence-corrected chi connectivity index (χ0v) is 11.9. The van der Waals surface area contributed by atoms with Gasteiger partial charge in [0, 0.05) is 13.1 Å². The van der Waals surface area contributed by atoms with Gasteiger partial charge in [0.1, 0.15) is 12.2 Å². The third kappa shape index (κ3) is 3.38. The van der Waals surface area contributed by atoms with E-state index in [1.807, 2.05) is 20.8 Å². The van der Waals surface area contributed by atoms with Crippen molar-refractivity contribution in [2.75, 3.05) is 19.7 Å². The summed E-state index contributed by atoms with van der Waals surface area (Å²) in [7, 11) is 0. The molecule has 2 aliphatic rings. The van der Waals surface area contributed by atoms with Crippen LogP contribution in [0.2, 0.25) is 0 Å². The van der Waals surface area contributed by atoms with Crippen molar-refractivity contribution in [2.45, 2.75) is 57.3 Å². The Bertz CT molecular complexity index is 386. The first-order valence-electron chi connectivity index (χ1n) is 6.82. The summed E-state index contributed by atoms with van der Waals surface area (Å²) < 4.78 is 11.2. The molecule has 0 aromatic heterocycles. The molecule has 0 aliphatic carbocycles. The molecule has 0 saturated carbocycles. The monoisotopic (exact) mass is 266 g/mol. The van der Waals surface area contributed by atoms with Crippen molar-refractivity contribution in [1.29, 1.82) is 0 Å². The van der Waals surface area contributed by atoms with Gasteiger partial charge < -0.3 is 19.2 Å². The van der Waals surface area contributed by atoms with Gasteiger partial charge in [-0.2, -0.15) is 0 Å². The highest BCUT2D eigenvalue weighted by Crippen LogP contribution is 2.37. The molecule has 5 heteroatoms. The quantitative estimate of drug-likeness (QED) is 0.633. The van der Waals surface area contributed by atoms with Crippen molar-refractivity contribution in [3.63, 3.8) is 0 Å². The van der Waals surface area contributed by atoms with Crippen LogP contribution in [0.1, 0.15) is 40.0 Å². The Kier molecular flexibility index (Phi) is 3.73. The molecule has 1 atom stereocenters. The number of nitrogens with zero attached hydrogens (tertiary/aromatic N) is 2. The average molecular weight is 266 g/mol. The fraction of sp³-hybridized carbons (Fsp3) is 0.857. The van der Waals surface area contributed by atoms with Crippen molar-refractivity contribution >= 4 is 6.09 Å². The SMILES string of the molecule is [C-]#[N+]C1COC2(CCN(C(=O)OC(C)(C)C)CC2)C1. The maximum absolute atomic E-state index is 12.0. The molecule has 106 valence electrons. The molecule has 0 N–H and O–H groups in total. The van der Waals surface area contributed by atoms with Crippen LogP contribution in [0, 0.1) is 6.57 Å². The van der Waals surface area contributed by atoms with Gasteiger partial charge >= 0.3 is 6.09 Å². The topological polar surface area (TPSA) is 43.1 Å². The summed E-state index contributed by atoms with van der Waals surface area (Å²) in [5, 5.41) is 0. The van der Waals surface area contributed by atoms with E-state index in [0.29, 0.717) is 19.7 Å². The van der Waals surface area contributed by atoms with Crippen LogP contribution in [0.5, 0.6) is 0 Å². The Morgan fingerprint density at radius 1 is 1.42 bits per heavy atom. The van der Waals surface area contributed by atoms with E-state index in [0.717, 1.165) is 19.3 Å². The van der Waals surface area contributed by atoms with Crippen molar-refractivity contribution in [1.82, 2.24) is 4.90 Å². The summed E-state index contributed by atoms with van der Waals surface area (Å²) in [5.74, 6) is 0. The number of carbonyl (C=O) groups is 1. The maximum Gasteiger partial charge on any atom is 0.410 e. The molecular formula is C14H22N2O3. The molecular weight excluding hydrogens is 244 g/mol. The predicted molar refractivity (Wildman–Crippen MR) is 70.7 cm³/mol. The number of carbonyl (C=O) groups excluding carboxylic acids is 1. The van der Waals surface area contributed by atoms with Crippen LogP contribution in [0.25, 0.3) is 4.85 Å². The second-order valence-corrected chi connectivity index (χ2v) is 6.45. The van der Waals surface area contributed by atoms with E-state index >= 15 is 0 Å². The number of amides is 1. The van der Waals surface area contributed by atoms with Crippen molar-refractivity contribution in [3.8, 4) is 0 Å². The molecule has 2 rings (SSSR count). The smallest absolute Gasteiger partial charge is 0.410 e. The van der Waals surface area contributed by atoms with E-state index in [2.05, 4.69) is 4.85 Å². The zero-order valence-electron chi connectivity index (χ0n) is 11.9. The minimum absolute atomic E-state index is 0.00641. The molecule has 0 aromatic rings. The minimum Gasteiger partial charge on any atom is -0.444 e. The van der Waals surface area contributed by atoms with Crippen LogP contribution < -0.4 is 0 Å². The van der Waals surface area contributed by atoms with Gasteiger partial charge in [0.2, 0.25) is 6.04 Å². The molecule has 5 nitrogen and oxygen atoms in total. The maximum atomic E-state index is 12.0. The Labute approximate surface area is 114 Å². The van der Waals surface area contributed by atoms with Crippen LogP contribution >= 0.6 is 0 Å². The summed E-state index contributed by atoms with van der Waals surface area (Å²) in [4.78, 5) is 17.3. The second-order valence-electron chi connectivity index (χ2n) is 6.45. The summed E-state index contributed by atoms with van der Waals surface area (Å²) in [6, 6.07) is -0.00641. The Morgan fingerprint density at radius 3 is 2.53 bits per heavy atom. The molecule has 2 heterocycles. The first-order valence-corrected chi connectivity index (χ1v) is 6.82. The first kappa shape index (κ1) is 14.1. The van der Waals surface area contributed by atoms with Crippen molar-refractivity contribution in [2.24, 2.45) is 0 Å². The second kappa shape index (κ2) is 5.01. The number of likely N-dealkylation sites (tertiary alicyclic amines) is 1. The van der Waals surface area contributed by atoms with E-state index in [1.165, 1.54) is 0 Å². The van der Waals surface area contributed by atoms with Gasteiger partial charge in [0.05, 0.1) is 12.0 Å². The fourth-order valence-electron chi connectivity index (χ4n) is 2.67. The number of hydrogen-bond donors (Lipinski definition) is 0. The Balaban J connectivity index is 1.86. The molecule has 1 amide bonds. The molecule has 0 aromatic carbocycles. The summed E-state index contributed by atoms with van der Waals surface area (Å²) in [5.41, 5.74) is -0.626. The third-order valence-electron chi connectivity index (χ3n) is 3.70. The lowest BCUT2D eigenvalue weighted by molar-refractivity contribution is -0.0484. The summed E-state index contributed by atoms with van der Waals surface area (Å²) in [6.45, 7) is 14.5. The predicted octanol–water partition coefficient (Wildman–Crippen LogP) is 2.46. The van der Waals surface area contributed by atoms with Crippen molar-refractivity contribution < 1.29 is 14.3 Å². The first-order chi connectivity index (χ1) is 8.84. The molecule has 1 unspecified atom stereocenters. The molecule has 2 fully saturated rings. The summed E-state index contributed by atoms with van der Waals surface area (Å²) >= 11 is 0. The van der Waals surface area contributed by atoms with Gasteiger partial charge in [-0.25, -0.2) is 11.4 Å². The van der Waals surface area contributed by atoms with Crippen LogP contribution in [0.3, 0.4) is 0 Å². The van der Waals surface area contributed by atoms with Crippen molar-refractivity contribution in [3.05, 3.63) is 11.4 Å². The normalized spacial score (nSPS) is 26.2. The van der Waals surface area contributed by atoms with E-state index in [4.69, 9.17) is 16.0 Å². The van der Waals surface area contributed by atoms with E-state index in [1.54, 1.807) is 4.90 Å². The lowest BCUT2D eigenvalue weighted by Gasteiger charge is -2.38. The van der Waals surface area contributed by atoms with E-state index in [-0.39, 0.29) is 17.7 Å². The van der Waals surface area contributed by atoms with Crippen LogP contribution in [0.15, 0.2) is 0 Å². The fourth-order valence-corrected chi connectivity index (χ4v) is 2.67. The number of rotatable bonds is 0. The molecule has 1 spiro atoms. The lowest BCUT2D eigenvalue weighted by atomic mass is 9.88. The molecule has 19 heavy (non-hydrogen) atoms. The van der Waals surface area contributed by atoms with Gasteiger partial charge in [-0.1, -0.05) is 0 Å². The van der Waals surface area contributed by atoms with Crippen LogP contribution in [-0.2, 0) is 9.47 Å². The van der Waals surface area contributed by atoms with Crippen LogP contribution in [0.4, 0.5) is 4.79 Å². The molecule has 0 radical (unpaired) electrons. The van der Waals surface area contributed by atoms with Gasteiger partial charge in [-0.05, 0) is 33.6 Å². The number of hydrogen-bond acceptors (Lipinski definition) is 3. The molecule has 2 aliphatic heterocycles. The number of piperidine rings is 1. The largest absolute Gasteiger partial charge is 0.444 e. The summed E-state index contributed by atoms with van der Waals surface area (Å²) in [6.07, 6.45) is 2.16. The Morgan fingerprint density at radius 2 is 2.05 bits per heavy atom. The van der Waals surface area contributed by atoms with Gasteiger partial charge in [-0.15, -0.1) is 0 Å². The highest BCUT2D eigenvalue weighted by atomic mass is 16.6. The van der Waals surface area contributed by atoms with Gasteiger partial charge in [-0.3, -0.25) is 0 Å². The molecule has 0 bridgehead atoms. The van der Waals surface area contributed by atoms with E-state index < -0.39 is 5.60 Å². The Hall–Kier alpha value is -1.28. The standard InChI is InChI=1S/C14H22N2O3/c1-13(2,3)19-12(17)16-7-5-14(6-8-16)9-11(15-4)10-18-14/h11H,5-10H2,1-3H3. The van der Waals surface area contributed by atoms with Gasteiger partial charge in [0.25, 0.3) is 0 Å². The highest BCUT2D eigenvalue weighted by molar-refractivity contribution is 5.68. The highest BCUT2D eigenvalue weighted by Gasteiger charge is 2.46. The molecule has 2 saturated heterocycles. The minimum atomic E-state index is -0.453.